The second-order valence-electron chi connectivity index (χ2n) is 2.51. The maximum absolute atomic E-state index is 11.0. The molecule has 0 aliphatic carbocycles. The molecule has 0 aromatic rings. The van der Waals surface area contributed by atoms with Crippen molar-refractivity contribution < 1.29 is 19.1 Å². The minimum absolute atomic E-state index is 0.112. The van der Waals surface area contributed by atoms with E-state index in [-0.39, 0.29) is 13.2 Å². The molecule has 14 heavy (non-hydrogen) atoms. The van der Waals surface area contributed by atoms with Crippen molar-refractivity contribution in [3.8, 4) is 0 Å². The highest BCUT2D eigenvalue weighted by atomic mass is 16.6. The van der Waals surface area contributed by atoms with E-state index in [4.69, 9.17) is 0 Å². The molecule has 1 atom stereocenters. The van der Waals surface area contributed by atoms with Crippen molar-refractivity contribution in [2.24, 2.45) is 0 Å². The largest absolute Gasteiger partial charge is 0.464 e. The smallest absolute Gasteiger partial charge is 0.408 e. The van der Waals surface area contributed by atoms with Crippen molar-refractivity contribution in [1.82, 2.24) is 5.32 Å². The first-order valence-electron chi connectivity index (χ1n) is 4.32. The second-order valence-corrected chi connectivity index (χ2v) is 2.51. The van der Waals surface area contributed by atoms with Crippen molar-refractivity contribution in [3.05, 3.63) is 12.7 Å². The molecule has 0 aliphatic heterocycles. The van der Waals surface area contributed by atoms with Crippen LogP contribution in [-0.2, 0) is 14.3 Å². The molecule has 0 fully saturated rings. The van der Waals surface area contributed by atoms with E-state index in [2.05, 4.69) is 21.4 Å². The summed E-state index contributed by atoms with van der Waals surface area (Å²) in [4.78, 5) is 22.0. The highest BCUT2D eigenvalue weighted by molar-refractivity contribution is 5.80. The Morgan fingerprint density at radius 2 is 2.14 bits per heavy atom. The average Bonchev–Trinajstić information content (AvgIpc) is 2.15. The van der Waals surface area contributed by atoms with Gasteiger partial charge in [0.15, 0.2) is 0 Å². The monoisotopic (exact) mass is 201 g/mol. The Morgan fingerprint density at radius 1 is 1.50 bits per heavy atom. The summed E-state index contributed by atoms with van der Waals surface area (Å²) in [5.41, 5.74) is 0. The van der Waals surface area contributed by atoms with Gasteiger partial charge in [0.1, 0.15) is 12.6 Å². The van der Waals surface area contributed by atoms with E-state index >= 15 is 0 Å². The Hall–Kier alpha value is -1.52. The Kier molecular flexibility index (Phi) is 6.19. The molecule has 0 spiro atoms. The van der Waals surface area contributed by atoms with Crippen LogP contribution in [0.3, 0.4) is 0 Å². The number of rotatable bonds is 5. The molecule has 0 aromatic heterocycles. The fourth-order valence-corrected chi connectivity index (χ4v) is 0.679. The molecule has 80 valence electrons. The van der Waals surface area contributed by atoms with E-state index in [9.17, 15) is 9.59 Å². The van der Waals surface area contributed by atoms with Gasteiger partial charge in [-0.1, -0.05) is 12.7 Å². The van der Waals surface area contributed by atoms with Crippen molar-refractivity contribution >= 4 is 12.1 Å². The Labute approximate surface area is 83.1 Å². The normalized spacial score (nSPS) is 11.3. The molecule has 0 unspecified atom stereocenters. The third-order valence-corrected chi connectivity index (χ3v) is 1.31. The van der Waals surface area contributed by atoms with Crippen LogP contribution in [0, 0.1) is 0 Å². The van der Waals surface area contributed by atoms with Crippen LogP contribution in [0.1, 0.15) is 13.8 Å². The lowest BCUT2D eigenvalue weighted by atomic mass is 10.3. The SMILES string of the molecule is C=CCOC(=O)N[C@@H](C)C(=O)OCC. The van der Waals surface area contributed by atoms with Gasteiger partial charge in [0.2, 0.25) is 0 Å². The summed E-state index contributed by atoms with van der Waals surface area (Å²) in [6.07, 6.45) is 0.777. The zero-order valence-electron chi connectivity index (χ0n) is 8.41. The zero-order chi connectivity index (χ0) is 11.0. The van der Waals surface area contributed by atoms with Crippen LogP contribution in [0.2, 0.25) is 0 Å². The standard InChI is InChI=1S/C9H15NO4/c1-4-6-14-9(12)10-7(3)8(11)13-5-2/h4,7H,1,5-6H2,2-3H3,(H,10,12)/t7-/m0/s1. The molecular weight excluding hydrogens is 186 g/mol. The molecule has 0 aliphatic rings. The zero-order valence-corrected chi connectivity index (χ0v) is 8.41. The fourth-order valence-electron chi connectivity index (χ4n) is 0.679. The maximum Gasteiger partial charge on any atom is 0.408 e. The van der Waals surface area contributed by atoms with Gasteiger partial charge in [0.25, 0.3) is 0 Å². The van der Waals surface area contributed by atoms with Gasteiger partial charge < -0.3 is 14.8 Å². The predicted molar refractivity (Wildman–Crippen MR) is 50.8 cm³/mol. The average molecular weight is 201 g/mol. The summed E-state index contributed by atoms with van der Waals surface area (Å²) < 4.78 is 9.29. The molecule has 5 nitrogen and oxygen atoms in total. The van der Waals surface area contributed by atoms with Crippen LogP contribution in [0.25, 0.3) is 0 Å². The minimum atomic E-state index is -0.702. The summed E-state index contributed by atoms with van der Waals surface area (Å²) in [6, 6.07) is -0.702. The summed E-state index contributed by atoms with van der Waals surface area (Å²) in [5.74, 6) is -0.483. The van der Waals surface area contributed by atoms with Gasteiger partial charge in [0, 0.05) is 0 Å². The van der Waals surface area contributed by atoms with Gasteiger partial charge in [-0.25, -0.2) is 9.59 Å². The topological polar surface area (TPSA) is 64.6 Å². The van der Waals surface area contributed by atoms with Crippen LogP contribution in [-0.4, -0.2) is 31.3 Å². The molecule has 0 saturated heterocycles. The van der Waals surface area contributed by atoms with Gasteiger partial charge in [-0.3, -0.25) is 0 Å². The molecule has 0 heterocycles. The quantitative estimate of drug-likeness (QED) is 0.529. The first kappa shape index (κ1) is 12.5. The minimum Gasteiger partial charge on any atom is -0.464 e. The van der Waals surface area contributed by atoms with E-state index in [1.165, 1.54) is 13.0 Å². The van der Waals surface area contributed by atoms with Gasteiger partial charge in [-0.05, 0) is 13.8 Å². The second kappa shape index (κ2) is 6.94. The molecule has 0 radical (unpaired) electrons. The summed E-state index contributed by atoms with van der Waals surface area (Å²) in [7, 11) is 0. The van der Waals surface area contributed by atoms with E-state index in [0.717, 1.165) is 0 Å². The van der Waals surface area contributed by atoms with Crippen LogP contribution < -0.4 is 5.32 Å². The van der Waals surface area contributed by atoms with Crippen LogP contribution >= 0.6 is 0 Å². The number of ether oxygens (including phenoxy) is 2. The van der Waals surface area contributed by atoms with Crippen molar-refractivity contribution in [3.63, 3.8) is 0 Å². The van der Waals surface area contributed by atoms with Gasteiger partial charge >= 0.3 is 12.1 Å². The number of hydrogen-bond donors (Lipinski definition) is 1. The molecule has 0 rings (SSSR count). The van der Waals surface area contributed by atoms with Crippen LogP contribution in [0.5, 0.6) is 0 Å². The van der Waals surface area contributed by atoms with E-state index in [0.29, 0.717) is 0 Å². The molecule has 1 amide bonds. The molecule has 0 aromatic carbocycles. The van der Waals surface area contributed by atoms with Gasteiger partial charge in [0.05, 0.1) is 6.61 Å². The third-order valence-electron chi connectivity index (χ3n) is 1.31. The van der Waals surface area contributed by atoms with E-state index in [1.807, 2.05) is 0 Å². The molecular formula is C9H15NO4. The van der Waals surface area contributed by atoms with Gasteiger partial charge in [-0.15, -0.1) is 0 Å². The summed E-state index contributed by atoms with van der Waals surface area (Å²) in [5, 5.41) is 2.32. The lowest BCUT2D eigenvalue weighted by Crippen LogP contribution is -2.39. The predicted octanol–water partition coefficient (Wildman–Crippen LogP) is 0.850. The van der Waals surface area contributed by atoms with E-state index < -0.39 is 18.1 Å². The number of hydrogen-bond acceptors (Lipinski definition) is 4. The molecule has 5 heteroatoms. The van der Waals surface area contributed by atoms with Crippen LogP contribution in [0.15, 0.2) is 12.7 Å². The molecule has 0 saturated carbocycles. The number of carbonyl (C=O) groups is 2. The first-order chi connectivity index (χ1) is 6.61. The lowest BCUT2D eigenvalue weighted by Gasteiger charge is -2.11. The number of nitrogens with one attached hydrogen (secondary N) is 1. The van der Waals surface area contributed by atoms with Crippen molar-refractivity contribution in [1.29, 1.82) is 0 Å². The molecule has 0 bridgehead atoms. The highest BCUT2D eigenvalue weighted by Crippen LogP contribution is 1.89. The van der Waals surface area contributed by atoms with Crippen molar-refractivity contribution in [2.45, 2.75) is 19.9 Å². The maximum atomic E-state index is 11.0. The molecule has 1 N–H and O–H groups in total. The van der Waals surface area contributed by atoms with E-state index in [1.54, 1.807) is 6.92 Å². The Balaban J connectivity index is 3.80. The van der Waals surface area contributed by atoms with Crippen molar-refractivity contribution in [2.75, 3.05) is 13.2 Å². The fraction of sp³-hybridized carbons (Fsp3) is 0.556. The number of alkyl carbamates (subject to hydrolysis) is 1. The third kappa shape index (κ3) is 5.18. The summed E-state index contributed by atoms with van der Waals surface area (Å²) >= 11 is 0. The highest BCUT2D eigenvalue weighted by Gasteiger charge is 2.16. The number of amides is 1. The van der Waals surface area contributed by atoms with Gasteiger partial charge in [-0.2, -0.15) is 0 Å². The number of carbonyl (C=O) groups excluding carboxylic acids is 2. The Morgan fingerprint density at radius 3 is 2.64 bits per heavy atom. The lowest BCUT2D eigenvalue weighted by molar-refractivity contribution is -0.145. The summed E-state index contributed by atoms with van der Waals surface area (Å²) in [6.45, 7) is 6.99. The number of esters is 1. The Bertz CT molecular complexity index is 215. The van der Waals surface area contributed by atoms with Crippen LogP contribution in [0.4, 0.5) is 4.79 Å². The first-order valence-corrected chi connectivity index (χ1v) is 4.32.